The molecule has 132 valence electrons. The fourth-order valence-electron chi connectivity index (χ4n) is 2.46. The van der Waals surface area contributed by atoms with Gasteiger partial charge in [-0.15, -0.1) is 0 Å². The summed E-state index contributed by atoms with van der Waals surface area (Å²) in [7, 11) is 1.40. The van der Waals surface area contributed by atoms with Crippen molar-refractivity contribution in [3.63, 3.8) is 0 Å². The van der Waals surface area contributed by atoms with E-state index in [1.54, 1.807) is 0 Å². The van der Waals surface area contributed by atoms with Gasteiger partial charge in [0.2, 0.25) is 0 Å². The van der Waals surface area contributed by atoms with Crippen molar-refractivity contribution in [2.75, 3.05) is 13.7 Å². The van der Waals surface area contributed by atoms with E-state index in [1.807, 2.05) is 0 Å². The van der Waals surface area contributed by atoms with Crippen LogP contribution in [-0.4, -0.2) is 47.2 Å². The minimum atomic E-state index is -0.632. The van der Waals surface area contributed by atoms with Gasteiger partial charge in [-0.1, -0.05) is 44.9 Å². The molecule has 0 spiro atoms. The highest BCUT2D eigenvalue weighted by Crippen LogP contribution is 2.14. The van der Waals surface area contributed by atoms with Crippen LogP contribution in [-0.2, 0) is 9.53 Å². The first-order valence-electron chi connectivity index (χ1n) is 8.65. The molecular weight excluding hydrogens is 284 g/mol. The molecule has 0 amide bonds. The van der Waals surface area contributed by atoms with Crippen molar-refractivity contribution in [2.45, 2.75) is 89.3 Å². The van der Waals surface area contributed by atoms with Crippen LogP contribution in [0.2, 0.25) is 0 Å². The molecule has 5 heteroatoms. The zero-order valence-corrected chi connectivity index (χ0v) is 14.0. The lowest BCUT2D eigenvalue weighted by atomic mass is 10.00. The molecule has 0 radical (unpaired) electrons. The van der Waals surface area contributed by atoms with Crippen molar-refractivity contribution in [1.29, 1.82) is 0 Å². The van der Waals surface area contributed by atoms with Crippen LogP contribution < -0.4 is 0 Å². The Morgan fingerprint density at radius 2 is 1.27 bits per heavy atom. The first-order chi connectivity index (χ1) is 10.6. The van der Waals surface area contributed by atoms with Gasteiger partial charge in [0, 0.05) is 13.0 Å². The van der Waals surface area contributed by atoms with E-state index in [0.29, 0.717) is 19.3 Å². The molecule has 2 atom stereocenters. The summed E-state index contributed by atoms with van der Waals surface area (Å²) in [5.74, 6) is -0.155. The average molecular weight is 318 g/mol. The minimum absolute atomic E-state index is 0.155. The van der Waals surface area contributed by atoms with E-state index in [2.05, 4.69) is 4.74 Å². The zero-order chi connectivity index (χ0) is 16.6. The highest BCUT2D eigenvalue weighted by Gasteiger charge is 2.15. The zero-order valence-electron chi connectivity index (χ0n) is 14.0. The maximum absolute atomic E-state index is 10.9. The largest absolute Gasteiger partial charge is 0.469 e. The van der Waals surface area contributed by atoms with Gasteiger partial charge in [0.1, 0.15) is 0 Å². The Kier molecular flexibility index (Phi) is 14.8. The third-order valence-electron chi connectivity index (χ3n) is 3.96. The molecule has 5 nitrogen and oxygen atoms in total. The van der Waals surface area contributed by atoms with E-state index in [-0.39, 0.29) is 12.6 Å². The molecule has 0 heterocycles. The van der Waals surface area contributed by atoms with E-state index in [0.717, 1.165) is 57.8 Å². The highest BCUT2D eigenvalue weighted by atomic mass is 16.5. The highest BCUT2D eigenvalue weighted by molar-refractivity contribution is 5.68. The van der Waals surface area contributed by atoms with Crippen molar-refractivity contribution < 1.29 is 24.9 Å². The van der Waals surface area contributed by atoms with Crippen LogP contribution in [0, 0.1) is 0 Å². The van der Waals surface area contributed by atoms with Gasteiger partial charge in [-0.3, -0.25) is 4.79 Å². The van der Waals surface area contributed by atoms with E-state index < -0.39 is 12.2 Å². The summed E-state index contributed by atoms with van der Waals surface area (Å²) in [5.41, 5.74) is 0. The molecule has 0 rings (SSSR count). The lowest BCUT2D eigenvalue weighted by Crippen LogP contribution is -2.25. The quantitative estimate of drug-likeness (QED) is 0.319. The second-order valence-corrected chi connectivity index (χ2v) is 5.94. The van der Waals surface area contributed by atoms with Crippen LogP contribution in [0.3, 0.4) is 0 Å². The number of carbonyl (C=O) groups excluding carboxylic acids is 1. The molecule has 0 aliphatic heterocycles. The number of esters is 1. The molecule has 0 saturated carbocycles. The molecule has 0 aliphatic carbocycles. The van der Waals surface area contributed by atoms with Crippen LogP contribution in [0.15, 0.2) is 0 Å². The summed E-state index contributed by atoms with van der Waals surface area (Å²) in [6, 6.07) is 0. The Bertz CT molecular complexity index is 257. The van der Waals surface area contributed by atoms with Gasteiger partial charge in [0.15, 0.2) is 0 Å². The Morgan fingerprint density at radius 1 is 0.818 bits per heavy atom. The van der Waals surface area contributed by atoms with Crippen molar-refractivity contribution >= 4 is 5.97 Å². The van der Waals surface area contributed by atoms with E-state index >= 15 is 0 Å². The summed E-state index contributed by atoms with van der Waals surface area (Å²) in [5, 5.41) is 28.4. The standard InChI is InChI=1S/C17H34O5/c1-22-17(21)13-9-4-2-3-7-11-15(19)16(20)12-8-5-6-10-14-18/h15-16,18-20H,2-14H2,1H3. The molecule has 0 fully saturated rings. The first-order valence-corrected chi connectivity index (χ1v) is 8.65. The van der Waals surface area contributed by atoms with Crippen LogP contribution in [0.25, 0.3) is 0 Å². The van der Waals surface area contributed by atoms with Crippen molar-refractivity contribution in [3.05, 3.63) is 0 Å². The van der Waals surface area contributed by atoms with Crippen LogP contribution >= 0.6 is 0 Å². The van der Waals surface area contributed by atoms with Gasteiger partial charge in [-0.2, -0.15) is 0 Å². The van der Waals surface area contributed by atoms with Gasteiger partial charge in [0.25, 0.3) is 0 Å². The monoisotopic (exact) mass is 318 g/mol. The first kappa shape index (κ1) is 21.4. The molecule has 0 aliphatic rings. The fraction of sp³-hybridized carbons (Fsp3) is 0.941. The molecule has 22 heavy (non-hydrogen) atoms. The third kappa shape index (κ3) is 13.0. The predicted molar refractivity (Wildman–Crippen MR) is 86.5 cm³/mol. The number of aliphatic hydroxyl groups is 3. The number of ether oxygens (including phenoxy) is 1. The average Bonchev–Trinajstić information content (AvgIpc) is 2.52. The summed E-state index contributed by atoms with van der Waals surface area (Å²) in [6.45, 7) is 0.227. The number of carbonyl (C=O) groups is 1. The summed E-state index contributed by atoms with van der Waals surface area (Å²) in [6.07, 6.45) is 8.97. The maximum Gasteiger partial charge on any atom is 0.305 e. The van der Waals surface area contributed by atoms with E-state index in [9.17, 15) is 15.0 Å². The van der Waals surface area contributed by atoms with Gasteiger partial charge in [0.05, 0.1) is 19.3 Å². The van der Waals surface area contributed by atoms with Gasteiger partial charge in [-0.05, 0) is 25.7 Å². The smallest absolute Gasteiger partial charge is 0.305 e. The normalized spacial score (nSPS) is 13.8. The summed E-state index contributed by atoms with van der Waals surface area (Å²) < 4.78 is 4.58. The minimum Gasteiger partial charge on any atom is -0.469 e. The van der Waals surface area contributed by atoms with Gasteiger partial charge in [-0.25, -0.2) is 0 Å². The fourth-order valence-corrected chi connectivity index (χ4v) is 2.46. The second-order valence-electron chi connectivity index (χ2n) is 5.94. The number of hydrogen-bond acceptors (Lipinski definition) is 5. The predicted octanol–water partition coefficient (Wildman–Crippen LogP) is 2.55. The van der Waals surface area contributed by atoms with Crippen molar-refractivity contribution in [2.24, 2.45) is 0 Å². The summed E-state index contributed by atoms with van der Waals surface area (Å²) >= 11 is 0. The number of hydrogen-bond donors (Lipinski definition) is 3. The summed E-state index contributed by atoms with van der Waals surface area (Å²) in [4.78, 5) is 10.9. The SMILES string of the molecule is COC(=O)CCCCCCCC(O)C(O)CCCCCCO. The lowest BCUT2D eigenvalue weighted by Gasteiger charge is -2.17. The van der Waals surface area contributed by atoms with E-state index in [4.69, 9.17) is 5.11 Å². The molecule has 0 bridgehead atoms. The lowest BCUT2D eigenvalue weighted by molar-refractivity contribution is -0.140. The molecule has 0 aromatic carbocycles. The van der Waals surface area contributed by atoms with Crippen LogP contribution in [0.5, 0.6) is 0 Å². The number of rotatable bonds is 15. The second kappa shape index (κ2) is 15.3. The Morgan fingerprint density at radius 3 is 1.77 bits per heavy atom. The Hall–Kier alpha value is -0.650. The maximum atomic E-state index is 10.9. The van der Waals surface area contributed by atoms with Crippen molar-refractivity contribution in [1.82, 2.24) is 0 Å². The topological polar surface area (TPSA) is 87.0 Å². The van der Waals surface area contributed by atoms with Gasteiger partial charge < -0.3 is 20.1 Å². The Labute approximate surface area is 134 Å². The number of unbranched alkanes of at least 4 members (excludes halogenated alkanes) is 7. The molecule has 0 aromatic heterocycles. The third-order valence-corrected chi connectivity index (χ3v) is 3.96. The Balaban J connectivity index is 3.40. The van der Waals surface area contributed by atoms with E-state index in [1.165, 1.54) is 7.11 Å². The van der Waals surface area contributed by atoms with Crippen molar-refractivity contribution in [3.8, 4) is 0 Å². The van der Waals surface area contributed by atoms with Crippen LogP contribution in [0.1, 0.15) is 77.0 Å². The molecule has 3 N–H and O–H groups in total. The molecular formula is C17H34O5. The van der Waals surface area contributed by atoms with Gasteiger partial charge >= 0.3 is 5.97 Å². The van der Waals surface area contributed by atoms with Crippen LogP contribution in [0.4, 0.5) is 0 Å². The number of aliphatic hydroxyl groups excluding tert-OH is 3. The molecule has 0 aromatic rings. The molecule has 2 unspecified atom stereocenters. The molecule has 0 saturated heterocycles. The number of methoxy groups -OCH3 is 1.